The number of aliphatic carboxylic acids is 1. The number of carboxylic acid groups (broad SMARTS) is 1. The topological polar surface area (TPSA) is 49.3 Å². The second-order valence-electron chi connectivity index (χ2n) is 3.74. The number of nitrogens with one attached hydrogen (secondary N) is 1. The van der Waals surface area contributed by atoms with Crippen LogP contribution in [0.1, 0.15) is 16.7 Å². The van der Waals surface area contributed by atoms with E-state index in [9.17, 15) is 4.79 Å². The second-order valence-corrected chi connectivity index (χ2v) is 3.74. The Bertz CT molecular complexity index is 361. The third-order valence-corrected chi connectivity index (χ3v) is 2.79. The average Bonchev–Trinajstić information content (AvgIpc) is 2.19. The SMILES string of the molecule is CNC(Cc1cccc(C)c1C)C(=O)O. The molecule has 0 amide bonds. The third-order valence-electron chi connectivity index (χ3n) is 2.79. The lowest BCUT2D eigenvalue weighted by Gasteiger charge is -2.14. The van der Waals surface area contributed by atoms with E-state index >= 15 is 0 Å². The molecule has 0 aliphatic rings. The Hall–Kier alpha value is -1.35. The van der Waals surface area contributed by atoms with Crippen LogP contribution in [0.25, 0.3) is 0 Å². The van der Waals surface area contributed by atoms with Crippen LogP contribution in [0.4, 0.5) is 0 Å². The molecule has 0 aliphatic heterocycles. The number of carbonyl (C=O) groups is 1. The lowest BCUT2D eigenvalue weighted by atomic mass is 9.98. The highest BCUT2D eigenvalue weighted by molar-refractivity contribution is 5.74. The number of hydrogen-bond acceptors (Lipinski definition) is 2. The van der Waals surface area contributed by atoms with Crippen molar-refractivity contribution in [3.8, 4) is 0 Å². The molecule has 1 atom stereocenters. The van der Waals surface area contributed by atoms with Crippen LogP contribution in [-0.4, -0.2) is 24.2 Å². The van der Waals surface area contributed by atoms with Crippen molar-refractivity contribution < 1.29 is 9.90 Å². The zero-order chi connectivity index (χ0) is 11.4. The number of aryl methyl sites for hydroxylation is 1. The number of carboxylic acids is 1. The molecule has 2 N–H and O–H groups in total. The van der Waals surface area contributed by atoms with Crippen molar-refractivity contribution in [2.24, 2.45) is 0 Å². The Morgan fingerprint density at radius 2 is 2.13 bits per heavy atom. The number of hydrogen-bond donors (Lipinski definition) is 2. The lowest BCUT2D eigenvalue weighted by molar-refractivity contribution is -0.139. The predicted octanol–water partition coefficient (Wildman–Crippen LogP) is 1.52. The molecule has 3 heteroatoms. The summed E-state index contributed by atoms with van der Waals surface area (Å²) in [6.45, 7) is 4.06. The molecule has 0 aromatic heterocycles. The molecule has 0 fully saturated rings. The zero-order valence-electron chi connectivity index (χ0n) is 9.37. The maximum atomic E-state index is 10.9. The Morgan fingerprint density at radius 1 is 1.47 bits per heavy atom. The summed E-state index contributed by atoms with van der Waals surface area (Å²) in [6.07, 6.45) is 0.527. The van der Waals surface area contributed by atoms with Crippen LogP contribution >= 0.6 is 0 Å². The van der Waals surface area contributed by atoms with Crippen LogP contribution in [-0.2, 0) is 11.2 Å². The minimum atomic E-state index is -0.807. The van der Waals surface area contributed by atoms with Crippen molar-refractivity contribution in [1.29, 1.82) is 0 Å². The van der Waals surface area contributed by atoms with Gasteiger partial charge in [0.05, 0.1) is 0 Å². The second kappa shape index (κ2) is 4.94. The van der Waals surface area contributed by atoms with Gasteiger partial charge in [-0.2, -0.15) is 0 Å². The van der Waals surface area contributed by atoms with Gasteiger partial charge in [-0.15, -0.1) is 0 Å². The van der Waals surface area contributed by atoms with Crippen molar-refractivity contribution in [2.75, 3.05) is 7.05 Å². The fraction of sp³-hybridized carbons (Fsp3) is 0.417. The molecule has 1 aromatic rings. The van der Waals surface area contributed by atoms with Crippen molar-refractivity contribution in [1.82, 2.24) is 5.32 Å². The largest absolute Gasteiger partial charge is 0.480 e. The van der Waals surface area contributed by atoms with Crippen molar-refractivity contribution in [2.45, 2.75) is 26.3 Å². The van der Waals surface area contributed by atoms with Crippen molar-refractivity contribution in [3.05, 3.63) is 34.9 Å². The van der Waals surface area contributed by atoms with E-state index in [1.165, 1.54) is 11.1 Å². The van der Waals surface area contributed by atoms with Gasteiger partial charge < -0.3 is 10.4 Å². The summed E-state index contributed by atoms with van der Waals surface area (Å²) >= 11 is 0. The average molecular weight is 207 g/mol. The first-order valence-corrected chi connectivity index (χ1v) is 5.01. The van der Waals surface area contributed by atoms with E-state index in [0.29, 0.717) is 6.42 Å². The molecule has 0 heterocycles. The van der Waals surface area contributed by atoms with E-state index in [2.05, 4.69) is 5.32 Å². The van der Waals surface area contributed by atoms with Crippen molar-refractivity contribution in [3.63, 3.8) is 0 Å². The van der Waals surface area contributed by atoms with Crippen LogP contribution in [0.2, 0.25) is 0 Å². The molecule has 0 saturated carbocycles. The summed E-state index contributed by atoms with van der Waals surface area (Å²) in [5.41, 5.74) is 3.48. The molecule has 1 unspecified atom stereocenters. The van der Waals surface area contributed by atoms with Gasteiger partial charge in [0, 0.05) is 0 Å². The van der Waals surface area contributed by atoms with Crippen LogP contribution in [0.15, 0.2) is 18.2 Å². The predicted molar refractivity (Wildman–Crippen MR) is 60.1 cm³/mol. The molecule has 3 nitrogen and oxygen atoms in total. The number of likely N-dealkylation sites (N-methyl/N-ethyl adjacent to an activating group) is 1. The third kappa shape index (κ3) is 2.80. The van der Waals surface area contributed by atoms with Crippen LogP contribution in [0.5, 0.6) is 0 Å². The molecule has 0 saturated heterocycles. The highest BCUT2D eigenvalue weighted by atomic mass is 16.4. The van der Waals surface area contributed by atoms with Gasteiger partial charge in [0.2, 0.25) is 0 Å². The molecular weight excluding hydrogens is 190 g/mol. The Labute approximate surface area is 90.1 Å². The first-order chi connectivity index (χ1) is 7.06. The van der Waals surface area contributed by atoms with E-state index in [0.717, 1.165) is 5.56 Å². The minimum Gasteiger partial charge on any atom is -0.480 e. The van der Waals surface area contributed by atoms with Crippen LogP contribution in [0, 0.1) is 13.8 Å². The van der Waals surface area contributed by atoms with E-state index in [4.69, 9.17) is 5.11 Å². The molecule has 1 rings (SSSR count). The maximum Gasteiger partial charge on any atom is 0.321 e. The molecule has 0 bridgehead atoms. The smallest absolute Gasteiger partial charge is 0.321 e. The van der Waals surface area contributed by atoms with Gasteiger partial charge >= 0.3 is 5.97 Å². The highest BCUT2D eigenvalue weighted by Crippen LogP contribution is 2.14. The molecule has 1 aromatic carbocycles. The van der Waals surface area contributed by atoms with Crippen LogP contribution < -0.4 is 5.32 Å². The van der Waals surface area contributed by atoms with Gasteiger partial charge in [-0.3, -0.25) is 4.79 Å². The van der Waals surface area contributed by atoms with Gasteiger partial charge in [0.15, 0.2) is 0 Å². The lowest BCUT2D eigenvalue weighted by Crippen LogP contribution is -2.35. The Morgan fingerprint density at radius 3 is 2.67 bits per heavy atom. The van der Waals surface area contributed by atoms with Gasteiger partial charge in [-0.05, 0) is 44.0 Å². The number of rotatable bonds is 4. The quantitative estimate of drug-likeness (QED) is 0.787. The molecule has 15 heavy (non-hydrogen) atoms. The Kier molecular flexibility index (Phi) is 3.86. The molecular formula is C12H17NO2. The summed E-state index contributed by atoms with van der Waals surface area (Å²) in [6, 6.07) is 5.47. The molecule has 82 valence electrons. The zero-order valence-corrected chi connectivity index (χ0v) is 9.37. The maximum absolute atomic E-state index is 10.9. The van der Waals surface area contributed by atoms with E-state index in [1.54, 1.807) is 7.05 Å². The summed E-state index contributed by atoms with van der Waals surface area (Å²) in [7, 11) is 1.67. The van der Waals surface area contributed by atoms with E-state index < -0.39 is 12.0 Å². The van der Waals surface area contributed by atoms with Crippen molar-refractivity contribution >= 4 is 5.97 Å². The van der Waals surface area contributed by atoms with Gasteiger partial charge in [0.25, 0.3) is 0 Å². The van der Waals surface area contributed by atoms with Crippen LogP contribution in [0.3, 0.4) is 0 Å². The van der Waals surface area contributed by atoms with E-state index in [1.807, 2.05) is 32.0 Å². The fourth-order valence-corrected chi connectivity index (χ4v) is 1.57. The summed E-state index contributed by atoms with van der Waals surface area (Å²) in [4.78, 5) is 10.9. The summed E-state index contributed by atoms with van der Waals surface area (Å²) in [5, 5.41) is 11.7. The Balaban J connectivity index is 2.88. The molecule has 0 aliphatic carbocycles. The first-order valence-electron chi connectivity index (χ1n) is 5.01. The molecule has 0 spiro atoms. The molecule has 0 radical (unpaired) electrons. The highest BCUT2D eigenvalue weighted by Gasteiger charge is 2.16. The first kappa shape index (κ1) is 11.7. The standard InChI is InChI=1S/C12H17NO2/c1-8-5-4-6-10(9(8)2)7-11(13-3)12(14)15/h4-6,11,13H,7H2,1-3H3,(H,14,15). The fourth-order valence-electron chi connectivity index (χ4n) is 1.57. The summed E-state index contributed by atoms with van der Waals surface area (Å²) < 4.78 is 0. The number of benzene rings is 1. The van der Waals surface area contributed by atoms with Gasteiger partial charge in [0.1, 0.15) is 6.04 Å². The monoisotopic (exact) mass is 207 g/mol. The van der Waals surface area contributed by atoms with E-state index in [-0.39, 0.29) is 0 Å². The normalized spacial score (nSPS) is 12.5. The minimum absolute atomic E-state index is 0.509. The van der Waals surface area contributed by atoms with Gasteiger partial charge in [-0.25, -0.2) is 0 Å². The van der Waals surface area contributed by atoms with Gasteiger partial charge in [-0.1, -0.05) is 18.2 Å². The summed E-state index contributed by atoms with van der Waals surface area (Å²) in [5.74, 6) is -0.807.